The van der Waals surface area contributed by atoms with Gasteiger partial charge in [-0.15, -0.1) is 0 Å². The van der Waals surface area contributed by atoms with Crippen LogP contribution in [0.25, 0.3) is 0 Å². The van der Waals surface area contributed by atoms with Crippen LogP contribution in [0.15, 0.2) is 0 Å². The summed E-state index contributed by atoms with van der Waals surface area (Å²) >= 11 is 0. The molecule has 4 fully saturated rings. The second kappa shape index (κ2) is 4.98. The van der Waals surface area contributed by atoms with E-state index in [1.54, 1.807) is 0 Å². The van der Waals surface area contributed by atoms with Gasteiger partial charge in [-0.3, -0.25) is 0 Å². The van der Waals surface area contributed by atoms with Gasteiger partial charge in [-0.2, -0.15) is 0 Å². The Hall–Kier alpha value is -0.0400. The van der Waals surface area contributed by atoms with Crippen molar-refractivity contribution in [3.63, 3.8) is 0 Å². The highest BCUT2D eigenvalue weighted by Crippen LogP contribution is 2.67. The molecule has 1 N–H and O–H groups in total. The van der Waals surface area contributed by atoms with E-state index in [1.165, 1.54) is 44.9 Å². The van der Waals surface area contributed by atoms with Crippen molar-refractivity contribution in [2.75, 3.05) is 0 Å². The fourth-order valence-electron chi connectivity index (χ4n) is 7.92. The molecule has 0 heterocycles. The van der Waals surface area contributed by atoms with Crippen LogP contribution in [0.2, 0.25) is 0 Å². The fraction of sp³-hybridized carbons (Fsp3) is 1.00. The molecule has 9 unspecified atom stereocenters. The van der Waals surface area contributed by atoms with Gasteiger partial charge in [-0.25, -0.2) is 0 Å². The first-order valence-electron chi connectivity index (χ1n) is 10.0. The largest absolute Gasteiger partial charge is 0.393 e. The molecule has 4 saturated carbocycles. The SMILES string of the molecule is CC1CCC2(C)C(C1)C(O)CC1C3CC(C)CC3(C)CCC12. The van der Waals surface area contributed by atoms with Crippen LogP contribution in [0.5, 0.6) is 0 Å². The maximum absolute atomic E-state index is 11.0. The average Bonchev–Trinajstić information content (AvgIpc) is 2.76. The number of aliphatic hydroxyl groups excluding tert-OH is 1. The summed E-state index contributed by atoms with van der Waals surface area (Å²) in [5.41, 5.74) is 1.02. The molecule has 4 rings (SSSR count). The van der Waals surface area contributed by atoms with Crippen LogP contribution in [0.1, 0.15) is 79.1 Å². The van der Waals surface area contributed by atoms with E-state index in [2.05, 4.69) is 27.7 Å². The van der Waals surface area contributed by atoms with Crippen molar-refractivity contribution in [3.05, 3.63) is 0 Å². The third-order valence-electron chi connectivity index (χ3n) is 8.93. The third kappa shape index (κ3) is 2.06. The molecule has 1 nitrogen and oxygen atoms in total. The lowest BCUT2D eigenvalue weighted by atomic mass is 9.44. The molecule has 0 aliphatic heterocycles. The molecular weight excluding hydrogens is 268 g/mol. The normalized spacial score (nSPS) is 61.2. The van der Waals surface area contributed by atoms with Crippen LogP contribution in [0.3, 0.4) is 0 Å². The molecule has 4 aliphatic carbocycles. The standard InChI is InChI=1S/C21H36O/c1-13-5-8-21(4)16-6-7-20(3)12-14(2)10-17(20)15(16)11-19(22)18(21)9-13/h13-19,22H,5-12H2,1-4H3. The molecule has 9 atom stereocenters. The number of hydrogen-bond acceptors (Lipinski definition) is 1. The van der Waals surface area contributed by atoms with Crippen molar-refractivity contribution in [1.82, 2.24) is 0 Å². The first-order chi connectivity index (χ1) is 10.3. The molecule has 0 aromatic heterocycles. The van der Waals surface area contributed by atoms with Crippen molar-refractivity contribution in [2.45, 2.75) is 85.2 Å². The zero-order chi connectivity index (χ0) is 15.7. The van der Waals surface area contributed by atoms with Crippen LogP contribution in [-0.2, 0) is 0 Å². The molecule has 0 aromatic rings. The molecule has 0 amide bonds. The van der Waals surface area contributed by atoms with Crippen molar-refractivity contribution in [3.8, 4) is 0 Å². The van der Waals surface area contributed by atoms with Crippen LogP contribution < -0.4 is 0 Å². The monoisotopic (exact) mass is 304 g/mol. The zero-order valence-electron chi connectivity index (χ0n) is 15.1. The van der Waals surface area contributed by atoms with E-state index in [0.29, 0.717) is 16.7 Å². The van der Waals surface area contributed by atoms with Gasteiger partial charge in [-0.05, 0) is 91.3 Å². The van der Waals surface area contributed by atoms with Gasteiger partial charge in [-0.1, -0.05) is 34.1 Å². The van der Waals surface area contributed by atoms with Crippen LogP contribution >= 0.6 is 0 Å². The summed E-state index contributed by atoms with van der Waals surface area (Å²) in [6.07, 6.45) is 10.9. The summed E-state index contributed by atoms with van der Waals surface area (Å²) in [4.78, 5) is 0. The Morgan fingerprint density at radius 2 is 1.55 bits per heavy atom. The van der Waals surface area contributed by atoms with E-state index in [-0.39, 0.29) is 6.10 Å². The van der Waals surface area contributed by atoms with Gasteiger partial charge < -0.3 is 5.11 Å². The van der Waals surface area contributed by atoms with Gasteiger partial charge in [0, 0.05) is 0 Å². The Labute approximate surface area is 137 Å². The second-order valence-corrected chi connectivity index (χ2v) is 10.4. The molecule has 4 aliphatic rings. The Morgan fingerprint density at radius 1 is 0.818 bits per heavy atom. The van der Waals surface area contributed by atoms with Gasteiger partial charge in [0.25, 0.3) is 0 Å². The summed E-state index contributed by atoms with van der Waals surface area (Å²) in [6.45, 7) is 9.99. The van der Waals surface area contributed by atoms with Crippen LogP contribution in [-0.4, -0.2) is 11.2 Å². The molecule has 0 radical (unpaired) electrons. The minimum atomic E-state index is -0.0211. The first-order valence-corrected chi connectivity index (χ1v) is 10.0. The summed E-state index contributed by atoms with van der Waals surface area (Å²) in [6, 6.07) is 0. The fourth-order valence-corrected chi connectivity index (χ4v) is 7.92. The summed E-state index contributed by atoms with van der Waals surface area (Å²) < 4.78 is 0. The van der Waals surface area contributed by atoms with Gasteiger partial charge in [0.05, 0.1) is 6.10 Å². The van der Waals surface area contributed by atoms with Crippen LogP contribution in [0, 0.1) is 46.3 Å². The second-order valence-electron chi connectivity index (χ2n) is 10.4. The summed E-state index contributed by atoms with van der Waals surface area (Å²) in [7, 11) is 0. The molecule has 0 spiro atoms. The van der Waals surface area contributed by atoms with E-state index in [4.69, 9.17) is 0 Å². The number of hydrogen-bond donors (Lipinski definition) is 1. The Bertz CT molecular complexity index is 445. The highest BCUT2D eigenvalue weighted by atomic mass is 16.3. The lowest BCUT2D eigenvalue weighted by Crippen LogP contribution is -2.57. The van der Waals surface area contributed by atoms with Gasteiger partial charge in [0.1, 0.15) is 0 Å². The molecule has 1 heteroatoms. The Balaban J connectivity index is 1.66. The van der Waals surface area contributed by atoms with E-state index < -0.39 is 0 Å². The van der Waals surface area contributed by atoms with Gasteiger partial charge >= 0.3 is 0 Å². The third-order valence-corrected chi connectivity index (χ3v) is 8.93. The minimum absolute atomic E-state index is 0.0211. The van der Waals surface area contributed by atoms with E-state index >= 15 is 0 Å². The van der Waals surface area contributed by atoms with Crippen molar-refractivity contribution >= 4 is 0 Å². The molecular formula is C21H36O. The maximum Gasteiger partial charge on any atom is 0.0576 e. The van der Waals surface area contributed by atoms with E-state index in [0.717, 1.165) is 36.0 Å². The quantitative estimate of drug-likeness (QED) is 0.646. The molecule has 0 bridgehead atoms. The number of fused-ring (bicyclic) bond motifs is 5. The smallest absolute Gasteiger partial charge is 0.0576 e. The Kier molecular flexibility index (Phi) is 3.50. The van der Waals surface area contributed by atoms with Gasteiger partial charge in [0.2, 0.25) is 0 Å². The van der Waals surface area contributed by atoms with Gasteiger partial charge in [0.15, 0.2) is 0 Å². The highest BCUT2D eigenvalue weighted by Gasteiger charge is 2.60. The van der Waals surface area contributed by atoms with Crippen molar-refractivity contribution in [1.29, 1.82) is 0 Å². The van der Waals surface area contributed by atoms with Crippen LogP contribution in [0.4, 0.5) is 0 Å². The minimum Gasteiger partial charge on any atom is -0.393 e. The summed E-state index contributed by atoms with van der Waals surface area (Å²) in [5, 5.41) is 11.0. The lowest BCUT2D eigenvalue weighted by molar-refractivity contribution is -0.159. The predicted molar refractivity (Wildman–Crippen MR) is 91.4 cm³/mol. The van der Waals surface area contributed by atoms with E-state index in [9.17, 15) is 5.11 Å². The molecule has 22 heavy (non-hydrogen) atoms. The molecule has 126 valence electrons. The van der Waals surface area contributed by atoms with Crippen molar-refractivity contribution in [2.24, 2.45) is 46.3 Å². The topological polar surface area (TPSA) is 20.2 Å². The number of aliphatic hydroxyl groups is 1. The zero-order valence-corrected chi connectivity index (χ0v) is 15.1. The van der Waals surface area contributed by atoms with Crippen molar-refractivity contribution < 1.29 is 5.11 Å². The average molecular weight is 305 g/mol. The molecule has 0 aromatic carbocycles. The van der Waals surface area contributed by atoms with E-state index in [1.807, 2.05) is 0 Å². The first kappa shape index (κ1) is 15.5. The highest BCUT2D eigenvalue weighted by molar-refractivity contribution is 5.09. The number of rotatable bonds is 0. The predicted octanol–water partition coefficient (Wildman–Crippen LogP) is 5.27. The summed E-state index contributed by atoms with van der Waals surface area (Å²) in [5.74, 6) is 4.92. The maximum atomic E-state index is 11.0. The Morgan fingerprint density at radius 3 is 2.32 bits per heavy atom. The lowest BCUT2D eigenvalue weighted by Gasteiger charge is -2.61. The molecule has 0 saturated heterocycles.